The van der Waals surface area contributed by atoms with Crippen molar-refractivity contribution in [2.75, 3.05) is 23.0 Å². The van der Waals surface area contributed by atoms with Crippen LogP contribution in [0, 0.1) is 23.7 Å². The van der Waals surface area contributed by atoms with Gasteiger partial charge in [0, 0.05) is 23.0 Å². The molecule has 0 aromatic heterocycles. The number of carboxylic acid groups (broad SMARTS) is 1. The molecule has 22 heteroatoms. The van der Waals surface area contributed by atoms with Crippen LogP contribution in [0.1, 0.15) is 150 Å². The van der Waals surface area contributed by atoms with E-state index in [0.717, 1.165) is 45.5 Å². The second-order valence-corrected chi connectivity index (χ2v) is 33.9. The highest BCUT2D eigenvalue weighted by atomic mass is 32.7. The number of carboxylic acids is 1. The Labute approximate surface area is 386 Å². The third-order valence-corrected chi connectivity index (χ3v) is 23.9. The Bertz CT molecular complexity index is 1310. The van der Waals surface area contributed by atoms with Gasteiger partial charge in [0.2, 0.25) is 0 Å². The topological polar surface area (TPSA) is 179 Å². The summed E-state index contributed by atoms with van der Waals surface area (Å²) in [4.78, 5) is 11.2. The monoisotopic (exact) mass is 1030 g/mol. The lowest BCUT2D eigenvalue weighted by Crippen LogP contribution is -2.18. The molecule has 0 aromatic rings. The van der Waals surface area contributed by atoms with Crippen LogP contribution in [-0.2, 0) is 59.2 Å². The van der Waals surface area contributed by atoms with Crippen LogP contribution >= 0.6 is 72.7 Å². The molecule has 0 aliphatic heterocycles. The molecule has 0 aromatic carbocycles. The lowest BCUT2D eigenvalue weighted by atomic mass is 10.1. The van der Waals surface area contributed by atoms with E-state index < -0.39 is 57.6 Å². The van der Waals surface area contributed by atoms with Crippen LogP contribution in [0.25, 0.3) is 0 Å². The zero-order chi connectivity index (χ0) is 47.4. The predicted octanol–water partition coefficient (Wildman–Crippen LogP) is 15.3. The molecule has 0 heterocycles. The second kappa shape index (κ2) is 30.8. The Kier molecular flexibility index (Phi) is 31.5. The zero-order valence-corrected chi connectivity index (χ0v) is 46.8. The quantitative estimate of drug-likeness (QED) is 0.0580. The maximum Gasteiger partial charge on any atom is 0.389 e. The van der Waals surface area contributed by atoms with E-state index >= 15 is 0 Å². The molecule has 0 rings (SSSR count). The molecule has 8 unspecified atom stereocenters. The first-order valence-electron chi connectivity index (χ1n) is 21.5. The fraction of sp³-hybridized carbons (Fsp3) is 0.974. The van der Waals surface area contributed by atoms with Gasteiger partial charge in [-0.25, -0.2) is 18.3 Å². The van der Waals surface area contributed by atoms with Crippen LogP contribution in [0.4, 0.5) is 0 Å². The Hall–Kier alpha value is 1.47. The highest BCUT2D eigenvalue weighted by Gasteiger charge is 2.39. The van der Waals surface area contributed by atoms with Gasteiger partial charge in [-0.1, -0.05) is 55.4 Å². The number of aliphatic carboxylic acids is 1. The van der Waals surface area contributed by atoms with Crippen molar-refractivity contribution < 1.29 is 64.4 Å². The molecule has 0 spiro atoms. The summed E-state index contributed by atoms with van der Waals surface area (Å²) in [7, 11) is 0. The molecular weight excluding hydrogens is 945 g/mol. The van der Waals surface area contributed by atoms with Crippen molar-refractivity contribution in [1.29, 1.82) is 0 Å². The summed E-state index contributed by atoms with van der Waals surface area (Å²) < 4.78 is 105. The SMILES string of the molecule is CC(C)CC(C)OP(=O)(OC(C)CC(C)C)SCC(C)OP(=O)(OC(C)CSP(=O)(OC(C)CC(C)C)OC(C)CC(C)C)SCC(C)OP(=O)(OC(C)C)SCCC(=O)O. The number of hydrogen-bond acceptors (Lipinski definition) is 17. The van der Waals surface area contributed by atoms with Gasteiger partial charge in [0.25, 0.3) is 0 Å². The van der Waals surface area contributed by atoms with Gasteiger partial charge in [0.15, 0.2) is 0 Å². The first-order chi connectivity index (χ1) is 27.9. The van der Waals surface area contributed by atoms with Crippen molar-refractivity contribution in [2.45, 2.75) is 199 Å². The molecule has 14 nitrogen and oxygen atoms in total. The molecule has 8 atom stereocenters. The van der Waals surface area contributed by atoms with E-state index in [1.165, 1.54) is 0 Å². The fourth-order valence-corrected chi connectivity index (χ4v) is 22.5. The maximum absolute atomic E-state index is 14.8. The second-order valence-electron chi connectivity index (χ2n) is 17.7. The fourth-order valence-electron chi connectivity index (χ4n) is 5.90. The van der Waals surface area contributed by atoms with E-state index in [2.05, 4.69) is 55.4 Å². The normalized spacial score (nSPS) is 20.2. The lowest BCUT2D eigenvalue weighted by Gasteiger charge is -2.29. The van der Waals surface area contributed by atoms with Crippen LogP contribution in [0.3, 0.4) is 0 Å². The van der Waals surface area contributed by atoms with Gasteiger partial charge in [0.05, 0.1) is 55.3 Å². The predicted molar refractivity (Wildman–Crippen MR) is 260 cm³/mol. The van der Waals surface area contributed by atoms with Crippen molar-refractivity contribution in [2.24, 2.45) is 23.7 Å². The number of hydrogen-bond donors (Lipinski definition) is 1. The van der Waals surface area contributed by atoms with E-state index in [4.69, 9.17) is 41.3 Å². The maximum atomic E-state index is 14.8. The minimum absolute atomic E-state index is 0.00182. The van der Waals surface area contributed by atoms with Crippen LogP contribution in [0.2, 0.25) is 0 Å². The standard InChI is InChI=1S/C39H82O14P4S4/c1-27(2)20-32(11)47-55(43,48-33(12)21-28(3)4)59-25-37(16)52-57(45,61-24-36(15)51-54(42,46-31(9)10)58-19-18-39(40)41)53-38(17)26-60-56(44,49-34(13)22-29(5)6)50-35(14)23-30(7)8/h27-38H,18-26H2,1-17H3,(H,40,41). The van der Waals surface area contributed by atoms with E-state index in [1.807, 2.05) is 27.7 Å². The van der Waals surface area contributed by atoms with Crippen LogP contribution < -0.4 is 0 Å². The highest BCUT2D eigenvalue weighted by molar-refractivity contribution is 8.56. The molecule has 0 radical (unpaired) electrons. The van der Waals surface area contributed by atoms with Gasteiger partial charge in [0.1, 0.15) is 0 Å². The van der Waals surface area contributed by atoms with E-state index in [0.29, 0.717) is 49.4 Å². The average molecular weight is 1030 g/mol. The summed E-state index contributed by atoms with van der Waals surface area (Å²) in [5.41, 5.74) is 0. The van der Waals surface area contributed by atoms with Crippen molar-refractivity contribution in [3.63, 3.8) is 0 Å². The van der Waals surface area contributed by atoms with Crippen molar-refractivity contribution in [3.05, 3.63) is 0 Å². The van der Waals surface area contributed by atoms with E-state index in [1.54, 1.807) is 34.6 Å². The largest absolute Gasteiger partial charge is 0.481 e. The summed E-state index contributed by atoms with van der Waals surface area (Å²) >= 11 is 3.60. The minimum Gasteiger partial charge on any atom is -0.481 e. The van der Waals surface area contributed by atoms with Crippen molar-refractivity contribution in [1.82, 2.24) is 0 Å². The molecule has 366 valence electrons. The van der Waals surface area contributed by atoms with Gasteiger partial charge in [-0.15, -0.1) is 0 Å². The van der Waals surface area contributed by atoms with Gasteiger partial charge in [-0.2, -0.15) is 0 Å². The van der Waals surface area contributed by atoms with Gasteiger partial charge in [-0.05, 0) is 157 Å². The molecule has 0 aliphatic rings. The molecule has 1 N–H and O–H groups in total. The molecule has 0 fully saturated rings. The molecule has 0 bridgehead atoms. The third kappa shape index (κ3) is 32.0. The zero-order valence-electron chi connectivity index (χ0n) is 40.0. The van der Waals surface area contributed by atoms with Crippen molar-refractivity contribution in [3.8, 4) is 0 Å². The number of rotatable bonds is 37. The summed E-state index contributed by atoms with van der Waals surface area (Å²) in [6.07, 6.45) is -1.73. The first-order valence-corrected chi connectivity index (χ1v) is 34.1. The Morgan fingerprint density at radius 1 is 0.393 bits per heavy atom. The average Bonchev–Trinajstić information content (AvgIpc) is 3.03. The summed E-state index contributed by atoms with van der Waals surface area (Å²) in [5.74, 6) is 0.339. The lowest BCUT2D eigenvalue weighted by molar-refractivity contribution is -0.136. The molecule has 0 amide bonds. The highest BCUT2D eigenvalue weighted by Crippen LogP contribution is 2.68. The summed E-state index contributed by atoms with van der Waals surface area (Å²) in [6, 6.07) is 0. The Balaban J connectivity index is 6.48. The molecule has 0 aliphatic carbocycles. The minimum atomic E-state index is -4.11. The van der Waals surface area contributed by atoms with Crippen LogP contribution in [0.15, 0.2) is 0 Å². The van der Waals surface area contributed by atoms with Gasteiger partial charge >= 0.3 is 33.2 Å². The Morgan fingerprint density at radius 3 is 0.836 bits per heavy atom. The molecule has 0 saturated carbocycles. The molecule has 61 heavy (non-hydrogen) atoms. The van der Waals surface area contributed by atoms with Gasteiger partial charge in [-0.3, -0.25) is 41.0 Å². The van der Waals surface area contributed by atoms with Crippen LogP contribution in [0.5, 0.6) is 0 Å². The molecule has 0 saturated heterocycles. The summed E-state index contributed by atoms with van der Waals surface area (Å²) in [5, 5.41) is 9.13. The van der Waals surface area contributed by atoms with E-state index in [-0.39, 0.29) is 53.8 Å². The van der Waals surface area contributed by atoms with Crippen molar-refractivity contribution >= 4 is 78.7 Å². The summed E-state index contributed by atoms with van der Waals surface area (Å²) in [6.45, 7) is 17.0. The smallest absolute Gasteiger partial charge is 0.389 e. The van der Waals surface area contributed by atoms with Crippen LogP contribution in [-0.4, -0.2) is 82.9 Å². The third-order valence-electron chi connectivity index (χ3n) is 7.68. The van der Waals surface area contributed by atoms with Gasteiger partial charge < -0.3 is 5.11 Å². The number of carbonyl (C=O) groups is 1. The van der Waals surface area contributed by atoms with E-state index in [9.17, 15) is 23.1 Å². The Morgan fingerprint density at radius 2 is 0.623 bits per heavy atom. The first kappa shape index (κ1) is 62.5. The molecular formula is C39H82O14P4S4.